The van der Waals surface area contributed by atoms with E-state index < -0.39 is 0 Å². The first-order chi connectivity index (χ1) is 9.52. The minimum Gasteiger partial charge on any atom is -0.399 e. The van der Waals surface area contributed by atoms with Gasteiger partial charge in [0.25, 0.3) is 0 Å². The summed E-state index contributed by atoms with van der Waals surface area (Å²) in [5, 5.41) is 12.1. The number of nitrogens with zero attached hydrogens (tertiary/aromatic N) is 1. The van der Waals surface area contributed by atoms with Gasteiger partial charge in [-0.2, -0.15) is 0 Å². The molecule has 0 radical (unpaired) electrons. The van der Waals surface area contributed by atoms with Crippen LogP contribution in [0.5, 0.6) is 0 Å². The quantitative estimate of drug-likeness (QED) is 0.685. The van der Waals surface area contributed by atoms with Crippen molar-refractivity contribution in [2.24, 2.45) is 5.92 Å². The Labute approximate surface area is 119 Å². The van der Waals surface area contributed by atoms with Gasteiger partial charge in [-0.15, -0.1) is 0 Å². The molecule has 0 saturated heterocycles. The van der Waals surface area contributed by atoms with E-state index in [2.05, 4.69) is 10.2 Å². The maximum atomic E-state index is 11.8. The molecule has 1 saturated carbocycles. The Hall–Kier alpha value is -1.59. The molecular formula is C15H23N3O2. The first kappa shape index (κ1) is 14.8. The molecule has 0 spiro atoms. The lowest BCUT2D eigenvalue weighted by Gasteiger charge is -2.34. The standard InChI is InChI=1S/C15H23N3O2/c1-18(10-11-7-14(19)8-11)6-5-15(20)17-13-4-2-3-12(16)9-13/h2-4,9,11,14,19H,5-8,10,16H2,1H3,(H,17,20). The summed E-state index contributed by atoms with van der Waals surface area (Å²) < 4.78 is 0. The number of carbonyl (C=O) groups is 1. The highest BCUT2D eigenvalue weighted by atomic mass is 16.3. The molecule has 0 unspecified atom stereocenters. The Bertz CT molecular complexity index is 458. The third-order valence-corrected chi connectivity index (χ3v) is 3.67. The maximum Gasteiger partial charge on any atom is 0.225 e. The van der Waals surface area contributed by atoms with Crippen LogP contribution in [0.25, 0.3) is 0 Å². The van der Waals surface area contributed by atoms with E-state index in [4.69, 9.17) is 5.73 Å². The number of nitrogen functional groups attached to an aromatic ring is 1. The number of hydrogen-bond donors (Lipinski definition) is 3. The lowest BCUT2D eigenvalue weighted by atomic mass is 9.82. The zero-order valence-electron chi connectivity index (χ0n) is 11.9. The van der Waals surface area contributed by atoms with Gasteiger partial charge in [-0.25, -0.2) is 0 Å². The molecule has 0 heterocycles. The first-order valence-corrected chi connectivity index (χ1v) is 7.05. The number of hydrogen-bond acceptors (Lipinski definition) is 4. The molecule has 1 aliphatic carbocycles. The number of nitrogens with two attached hydrogens (primary N) is 1. The first-order valence-electron chi connectivity index (χ1n) is 7.05. The summed E-state index contributed by atoms with van der Waals surface area (Å²) in [4.78, 5) is 14.0. The van der Waals surface area contributed by atoms with E-state index in [1.807, 2.05) is 19.2 Å². The van der Waals surface area contributed by atoms with Gasteiger partial charge in [0.2, 0.25) is 5.91 Å². The maximum absolute atomic E-state index is 11.8. The lowest BCUT2D eigenvalue weighted by molar-refractivity contribution is -0.116. The fourth-order valence-corrected chi connectivity index (χ4v) is 2.51. The average molecular weight is 277 g/mol. The molecule has 110 valence electrons. The van der Waals surface area contributed by atoms with Gasteiger partial charge in [-0.3, -0.25) is 4.79 Å². The van der Waals surface area contributed by atoms with Gasteiger partial charge in [-0.05, 0) is 44.0 Å². The normalized spacial score (nSPS) is 21.6. The van der Waals surface area contributed by atoms with Crippen molar-refractivity contribution >= 4 is 17.3 Å². The van der Waals surface area contributed by atoms with Crippen molar-refractivity contribution in [1.82, 2.24) is 4.90 Å². The van der Waals surface area contributed by atoms with Crippen molar-refractivity contribution in [2.75, 3.05) is 31.2 Å². The van der Waals surface area contributed by atoms with Crippen LogP contribution in [0.4, 0.5) is 11.4 Å². The number of anilines is 2. The highest BCUT2D eigenvalue weighted by Crippen LogP contribution is 2.27. The second kappa shape index (κ2) is 6.72. The molecule has 5 heteroatoms. The number of aliphatic hydroxyl groups is 1. The summed E-state index contributed by atoms with van der Waals surface area (Å²) in [7, 11) is 2.01. The molecule has 1 fully saturated rings. The smallest absolute Gasteiger partial charge is 0.225 e. The van der Waals surface area contributed by atoms with Crippen molar-refractivity contribution < 1.29 is 9.90 Å². The van der Waals surface area contributed by atoms with Crippen LogP contribution < -0.4 is 11.1 Å². The highest BCUT2D eigenvalue weighted by Gasteiger charge is 2.27. The van der Waals surface area contributed by atoms with Crippen molar-refractivity contribution in [3.63, 3.8) is 0 Å². The zero-order valence-corrected chi connectivity index (χ0v) is 11.9. The van der Waals surface area contributed by atoms with Crippen molar-refractivity contribution in [3.8, 4) is 0 Å². The van der Waals surface area contributed by atoms with Gasteiger partial charge in [0.1, 0.15) is 0 Å². The number of carbonyl (C=O) groups excluding carboxylic acids is 1. The van der Waals surface area contributed by atoms with E-state index in [1.165, 1.54) is 0 Å². The molecule has 5 nitrogen and oxygen atoms in total. The summed E-state index contributed by atoms with van der Waals surface area (Å²) in [6, 6.07) is 7.18. The van der Waals surface area contributed by atoms with E-state index in [0.717, 1.165) is 31.6 Å². The van der Waals surface area contributed by atoms with Gasteiger partial charge in [0.05, 0.1) is 6.10 Å². The molecule has 1 amide bonds. The number of amides is 1. The molecule has 2 rings (SSSR count). The Morgan fingerprint density at radius 2 is 2.25 bits per heavy atom. The van der Waals surface area contributed by atoms with E-state index in [-0.39, 0.29) is 12.0 Å². The predicted molar refractivity (Wildman–Crippen MR) is 80.3 cm³/mol. The molecule has 1 aromatic carbocycles. The fourth-order valence-electron chi connectivity index (χ4n) is 2.51. The third kappa shape index (κ3) is 4.51. The fraction of sp³-hybridized carbons (Fsp3) is 0.533. The number of rotatable bonds is 6. The SMILES string of the molecule is CN(CCC(=O)Nc1cccc(N)c1)CC1CC(O)C1. The predicted octanol–water partition coefficient (Wildman–Crippen LogP) is 1.30. The van der Waals surface area contributed by atoms with Gasteiger partial charge in [0.15, 0.2) is 0 Å². The topological polar surface area (TPSA) is 78.6 Å². The molecule has 20 heavy (non-hydrogen) atoms. The zero-order chi connectivity index (χ0) is 14.5. The summed E-state index contributed by atoms with van der Waals surface area (Å²) in [5.41, 5.74) is 7.04. The monoisotopic (exact) mass is 277 g/mol. The molecule has 4 N–H and O–H groups in total. The number of benzene rings is 1. The van der Waals surface area contributed by atoms with E-state index in [1.54, 1.807) is 12.1 Å². The second-order valence-corrected chi connectivity index (χ2v) is 5.68. The Balaban J connectivity index is 1.67. The summed E-state index contributed by atoms with van der Waals surface area (Å²) in [6.45, 7) is 1.67. The molecule has 1 aromatic rings. The van der Waals surface area contributed by atoms with Crippen molar-refractivity contribution in [1.29, 1.82) is 0 Å². The molecule has 1 aliphatic rings. The van der Waals surface area contributed by atoms with Gasteiger partial charge in [0, 0.05) is 30.9 Å². The Kier molecular flexibility index (Phi) is 4.98. The Morgan fingerprint density at radius 1 is 1.50 bits per heavy atom. The van der Waals surface area contributed by atoms with Crippen LogP contribution in [0.1, 0.15) is 19.3 Å². The lowest BCUT2D eigenvalue weighted by Crippen LogP contribution is -2.38. The largest absolute Gasteiger partial charge is 0.399 e. The minimum absolute atomic E-state index is 0.00362. The minimum atomic E-state index is -0.111. The molecule has 0 aliphatic heterocycles. The van der Waals surface area contributed by atoms with Crippen LogP contribution in [-0.2, 0) is 4.79 Å². The number of nitrogens with one attached hydrogen (secondary N) is 1. The van der Waals surface area contributed by atoms with E-state index in [0.29, 0.717) is 18.0 Å². The van der Waals surface area contributed by atoms with Crippen LogP contribution >= 0.6 is 0 Å². The van der Waals surface area contributed by atoms with Crippen molar-refractivity contribution in [2.45, 2.75) is 25.4 Å². The van der Waals surface area contributed by atoms with Gasteiger partial charge >= 0.3 is 0 Å². The summed E-state index contributed by atoms with van der Waals surface area (Å²) in [5.74, 6) is 0.572. The van der Waals surface area contributed by atoms with Crippen LogP contribution in [0, 0.1) is 5.92 Å². The third-order valence-electron chi connectivity index (χ3n) is 3.67. The second-order valence-electron chi connectivity index (χ2n) is 5.68. The number of aliphatic hydroxyl groups excluding tert-OH is 1. The van der Waals surface area contributed by atoms with Gasteiger partial charge < -0.3 is 21.1 Å². The molecule has 0 bridgehead atoms. The van der Waals surface area contributed by atoms with E-state index in [9.17, 15) is 9.90 Å². The highest BCUT2D eigenvalue weighted by molar-refractivity contribution is 5.91. The van der Waals surface area contributed by atoms with Crippen LogP contribution in [-0.4, -0.2) is 42.2 Å². The van der Waals surface area contributed by atoms with Crippen molar-refractivity contribution in [3.05, 3.63) is 24.3 Å². The van der Waals surface area contributed by atoms with E-state index >= 15 is 0 Å². The van der Waals surface area contributed by atoms with Crippen LogP contribution in [0.2, 0.25) is 0 Å². The average Bonchev–Trinajstić information content (AvgIpc) is 2.34. The summed E-state index contributed by atoms with van der Waals surface area (Å²) in [6.07, 6.45) is 2.13. The molecule has 0 atom stereocenters. The molecule has 0 aromatic heterocycles. The Morgan fingerprint density at radius 3 is 2.90 bits per heavy atom. The summed E-state index contributed by atoms with van der Waals surface area (Å²) >= 11 is 0. The molecular weight excluding hydrogens is 254 g/mol. The van der Waals surface area contributed by atoms with Gasteiger partial charge in [-0.1, -0.05) is 6.07 Å². The van der Waals surface area contributed by atoms with Crippen LogP contribution in [0.3, 0.4) is 0 Å². The van der Waals surface area contributed by atoms with Crippen LogP contribution in [0.15, 0.2) is 24.3 Å².